The maximum Gasteiger partial charge on any atom is 0.324 e. The van der Waals surface area contributed by atoms with Gasteiger partial charge in [-0.3, -0.25) is 10.1 Å². The molecule has 0 aromatic rings. The van der Waals surface area contributed by atoms with Crippen LogP contribution < -0.4 is 5.32 Å². The number of amides is 3. The topological polar surface area (TPSA) is 58.6 Å². The van der Waals surface area contributed by atoms with Crippen molar-refractivity contribution in [2.45, 2.75) is 31.8 Å². The summed E-state index contributed by atoms with van der Waals surface area (Å²) >= 11 is 0. The van der Waals surface area contributed by atoms with E-state index < -0.39 is 0 Å². The van der Waals surface area contributed by atoms with Crippen LogP contribution in [0.5, 0.6) is 0 Å². The Balaban J connectivity index is 1.74. The number of ether oxygens (including phenoxy) is 1. The summed E-state index contributed by atoms with van der Waals surface area (Å²) in [5.41, 5.74) is 0. The van der Waals surface area contributed by atoms with Crippen molar-refractivity contribution >= 4 is 11.9 Å². The molecule has 2 saturated heterocycles. The van der Waals surface area contributed by atoms with Crippen molar-refractivity contribution in [1.82, 2.24) is 10.2 Å². The van der Waals surface area contributed by atoms with Crippen molar-refractivity contribution in [3.63, 3.8) is 0 Å². The van der Waals surface area contributed by atoms with E-state index in [1.54, 1.807) is 4.90 Å². The number of carbonyl (C=O) groups is 2. The summed E-state index contributed by atoms with van der Waals surface area (Å²) in [6.07, 6.45) is 3.80. The van der Waals surface area contributed by atoms with Crippen LogP contribution in [0.3, 0.4) is 0 Å². The zero-order chi connectivity index (χ0) is 10.7. The second-order valence-corrected chi connectivity index (χ2v) is 4.01. The molecule has 1 atom stereocenters. The van der Waals surface area contributed by atoms with Crippen LogP contribution in [0.4, 0.5) is 4.79 Å². The van der Waals surface area contributed by atoms with Gasteiger partial charge >= 0.3 is 6.03 Å². The van der Waals surface area contributed by atoms with E-state index >= 15 is 0 Å². The predicted octanol–water partition coefficient (Wildman–Crippen LogP) is 0.497. The minimum Gasteiger partial charge on any atom is -0.378 e. The van der Waals surface area contributed by atoms with E-state index in [1.807, 2.05) is 0 Å². The molecule has 0 radical (unpaired) electrons. The van der Waals surface area contributed by atoms with Gasteiger partial charge in [-0.05, 0) is 19.3 Å². The molecule has 5 heteroatoms. The molecule has 1 unspecified atom stereocenters. The van der Waals surface area contributed by atoms with Crippen LogP contribution in [0.2, 0.25) is 0 Å². The van der Waals surface area contributed by atoms with E-state index in [1.165, 1.54) is 0 Å². The van der Waals surface area contributed by atoms with Crippen molar-refractivity contribution in [2.24, 2.45) is 0 Å². The molecule has 0 bridgehead atoms. The lowest BCUT2D eigenvalue weighted by Crippen LogP contribution is -2.50. The lowest BCUT2D eigenvalue weighted by Gasteiger charge is -2.27. The molecule has 0 spiro atoms. The first kappa shape index (κ1) is 10.4. The van der Waals surface area contributed by atoms with Gasteiger partial charge in [-0.1, -0.05) is 0 Å². The third-order valence-electron chi connectivity index (χ3n) is 2.89. The van der Waals surface area contributed by atoms with Crippen LogP contribution in [0.1, 0.15) is 25.7 Å². The summed E-state index contributed by atoms with van der Waals surface area (Å²) in [7, 11) is 0. The fourth-order valence-electron chi connectivity index (χ4n) is 1.98. The number of nitrogens with zero attached hydrogens (tertiary/aromatic N) is 1. The highest BCUT2D eigenvalue weighted by Crippen LogP contribution is 2.16. The van der Waals surface area contributed by atoms with Crippen molar-refractivity contribution in [2.75, 3.05) is 19.7 Å². The molecular weight excluding hydrogens is 196 g/mol. The second kappa shape index (κ2) is 4.61. The Kier molecular flexibility index (Phi) is 3.20. The summed E-state index contributed by atoms with van der Waals surface area (Å²) in [5.74, 6) is -0.173. The quantitative estimate of drug-likeness (QED) is 0.741. The van der Waals surface area contributed by atoms with Gasteiger partial charge in [0.25, 0.3) is 0 Å². The molecule has 2 aliphatic heterocycles. The predicted molar refractivity (Wildman–Crippen MR) is 53.3 cm³/mol. The van der Waals surface area contributed by atoms with Gasteiger partial charge in [-0.15, -0.1) is 0 Å². The van der Waals surface area contributed by atoms with Crippen molar-refractivity contribution in [3.05, 3.63) is 0 Å². The standard InChI is InChI=1S/C10H16N2O3/c13-9-4-6-12(10(14)11-9)5-3-8-2-1-7-15-8/h8H,1-7H2,(H,11,13,14). The third kappa shape index (κ3) is 2.68. The Hall–Kier alpha value is -1.10. The van der Waals surface area contributed by atoms with Crippen LogP contribution in [0.25, 0.3) is 0 Å². The van der Waals surface area contributed by atoms with Crippen molar-refractivity contribution < 1.29 is 14.3 Å². The molecule has 0 saturated carbocycles. The number of hydrogen-bond acceptors (Lipinski definition) is 3. The highest BCUT2D eigenvalue weighted by molar-refractivity contribution is 5.96. The minimum absolute atomic E-state index is 0.173. The number of nitrogens with one attached hydrogen (secondary N) is 1. The first-order valence-corrected chi connectivity index (χ1v) is 5.46. The van der Waals surface area contributed by atoms with Gasteiger partial charge < -0.3 is 9.64 Å². The number of hydrogen-bond donors (Lipinski definition) is 1. The van der Waals surface area contributed by atoms with Crippen LogP contribution in [0.15, 0.2) is 0 Å². The first-order valence-electron chi connectivity index (χ1n) is 5.46. The minimum atomic E-state index is -0.260. The average molecular weight is 212 g/mol. The molecule has 0 aromatic carbocycles. The molecule has 2 heterocycles. The SMILES string of the molecule is O=C1CCN(CCC2CCCO2)C(=O)N1. The molecule has 3 amide bonds. The Morgan fingerprint density at radius 2 is 2.33 bits per heavy atom. The maximum absolute atomic E-state index is 11.4. The molecule has 2 aliphatic rings. The molecule has 0 aromatic heterocycles. The molecule has 5 nitrogen and oxygen atoms in total. The Morgan fingerprint density at radius 3 is 3.00 bits per heavy atom. The monoisotopic (exact) mass is 212 g/mol. The summed E-state index contributed by atoms with van der Waals surface area (Å²) in [5, 5.41) is 2.31. The molecule has 1 N–H and O–H groups in total. The Morgan fingerprint density at radius 1 is 1.47 bits per heavy atom. The highest BCUT2D eigenvalue weighted by Gasteiger charge is 2.24. The first-order chi connectivity index (χ1) is 7.25. The fraction of sp³-hybridized carbons (Fsp3) is 0.800. The van der Waals surface area contributed by atoms with E-state index in [-0.39, 0.29) is 11.9 Å². The van der Waals surface area contributed by atoms with Crippen LogP contribution in [-0.2, 0) is 9.53 Å². The zero-order valence-corrected chi connectivity index (χ0v) is 8.70. The molecular formula is C10H16N2O3. The summed E-state index contributed by atoms with van der Waals surface area (Å²) in [6.45, 7) is 2.07. The lowest BCUT2D eigenvalue weighted by atomic mass is 10.1. The summed E-state index contributed by atoms with van der Waals surface area (Å²) < 4.78 is 5.48. The second-order valence-electron chi connectivity index (χ2n) is 4.01. The highest BCUT2D eigenvalue weighted by atomic mass is 16.5. The molecule has 0 aliphatic carbocycles. The average Bonchev–Trinajstić information content (AvgIpc) is 2.69. The van der Waals surface area contributed by atoms with E-state index in [4.69, 9.17) is 4.74 Å². The normalized spacial score (nSPS) is 26.9. The van der Waals surface area contributed by atoms with E-state index in [0.29, 0.717) is 25.6 Å². The van der Waals surface area contributed by atoms with Crippen LogP contribution in [-0.4, -0.2) is 42.6 Å². The molecule has 2 rings (SSSR count). The van der Waals surface area contributed by atoms with Gasteiger partial charge in [0.05, 0.1) is 6.10 Å². The zero-order valence-electron chi connectivity index (χ0n) is 8.70. The number of imide groups is 1. The molecule has 2 fully saturated rings. The molecule has 84 valence electrons. The van der Waals surface area contributed by atoms with E-state index in [9.17, 15) is 9.59 Å². The lowest BCUT2D eigenvalue weighted by molar-refractivity contribution is -0.121. The van der Waals surface area contributed by atoms with E-state index in [0.717, 1.165) is 25.9 Å². The molecule has 15 heavy (non-hydrogen) atoms. The largest absolute Gasteiger partial charge is 0.378 e. The van der Waals surface area contributed by atoms with Gasteiger partial charge in [0.1, 0.15) is 0 Å². The summed E-state index contributed by atoms with van der Waals surface area (Å²) in [4.78, 5) is 23.9. The maximum atomic E-state index is 11.4. The third-order valence-corrected chi connectivity index (χ3v) is 2.89. The van der Waals surface area contributed by atoms with Gasteiger partial charge in [0, 0.05) is 26.1 Å². The van der Waals surface area contributed by atoms with Crippen molar-refractivity contribution in [1.29, 1.82) is 0 Å². The van der Waals surface area contributed by atoms with Gasteiger partial charge in [-0.2, -0.15) is 0 Å². The van der Waals surface area contributed by atoms with Gasteiger partial charge in [0.15, 0.2) is 0 Å². The van der Waals surface area contributed by atoms with Gasteiger partial charge in [-0.25, -0.2) is 4.79 Å². The van der Waals surface area contributed by atoms with Crippen LogP contribution >= 0.6 is 0 Å². The summed E-state index contributed by atoms with van der Waals surface area (Å²) in [6, 6.07) is -0.260. The van der Waals surface area contributed by atoms with Gasteiger partial charge in [0.2, 0.25) is 5.91 Å². The Bertz CT molecular complexity index is 261. The van der Waals surface area contributed by atoms with Crippen LogP contribution in [0, 0.1) is 0 Å². The number of rotatable bonds is 3. The number of urea groups is 1. The van der Waals surface area contributed by atoms with Crippen molar-refractivity contribution in [3.8, 4) is 0 Å². The fourth-order valence-corrected chi connectivity index (χ4v) is 1.98. The Labute approximate surface area is 88.8 Å². The van der Waals surface area contributed by atoms with E-state index in [2.05, 4.69) is 5.32 Å². The number of carbonyl (C=O) groups excluding carboxylic acids is 2. The smallest absolute Gasteiger partial charge is 0.324 e.